The highest BCUT2D eigenvalue weighted by molar-refractivity contribution is 5.83. The molecule has 0 saturated heterocycles. The summed E-state index contributed by atoms with van der Waals surface area (Å²) in [6, 6.07) is 5.85. The highest BCUT2D eigenvalue weighted by Crippen LogP contribution is 2.28. The SMILES string of the molecule is Cc1noc(C)c1-c1ccc2c(c1)[nH]c(=O)n2C. The number of hydrogen-bond donors (Lipinski definition) is 1. The van der Waals surface area contributed by atoms with Crippen LogP contribution in [-0.4, -0.2) is 14.7 Å². The summed E-state index contributed by atoms with van der Waals surface area (Å²) >= 11 is 0. The van der Waals surface area contributed by atoms with E-state index in [-0.39, 0.29) is 5.69 Å². The van der Waals surface area contributed by atoms with Crippen LogP contribution >= 0.6 is 0 Å². The Balaban J connectivity index is 2.29. The molecule has 0 saturated carbocycles. The number of imidazole rings is 1. The highest BCUT2D eigenvalue weighted by atomic mass is 16.5. The fourth-order valence-corrected chi connectivity index (χ4v) is 2.29. The van der Waals surface area contributed by atoms with E-state index in [4.69, 9.17) is 4.52 Å². The van der Waals surface area contributed by atoms with Crippen LogP contribution in [0.5, 0.6) is 0 Å². The van der Waals surface area contributed by atoms with E-state index in [0.717, 1.165) is 33.6 Å². The molecule has 2 heterocycles. The van der Waals surface area contributed by atoms with Gasteiger partial charge >= 0.3 is 5.69 Å². The first-order chi connectivity index (χ1) is 8.58. The molecule has 0 aliphatic rings. The molecule has 0 spiro atoms. The molecule has 3 aromatic rings. The average molecular weight is 243 g/mol. The van der Waals surface area contributed by atoms with Gasteiger partial charge in [-0.25, -0.2) is 4.79 Å². The zero-order chi connectivity index (χ0) is 12.9. The van der Waals surface area contributed by atoms with Crippen LogP contribution in [0.25, 0.3) is 22.2 Å². The molecule has 18 heavy (non-hydrogen) atoms. The van der Waals surface area contributed by atoms with Crippen molar-refractivity contribution in [1.29, 1.82) is 0 Å². The second-order valence-electron chi connectivity index (χ2n) is 4.42. The van der Waals surface area contributed by atoms with Crippen LogP contribution in [0.4, 0.5) is 0 Å². The predicted molar refractivity (Wildman–Crippen MR) is 68.5 cm³/mol. The normalized spacial score (nSPS) is 11.3. The number of fused-ring (bicyclic) bond motifs is 1. The van der Waals surface area contributed by atoms with E-state index in [1.54, 1.807) is 11.6 Å². The lowest BCUT2D eigenvalue weighted by Gasteiger charge is -2.01. The fourth-order valence-electron chi connectivity index (χ4n) is 2.29. The number of aromatic amines is 1. The van der Waals surface area contributed by atoms with Gasteiger partial charge in [0.25, 0.3) is 0 Å². The van der Waals surface area contributed by atoms with Crippen molar-refractivity contribution in [2.45, 2.75) is 13.8 Å². The minimum absolute atomic E-state index is 0.110. The van der Waals surface area contributed by atoms with Crippen LogP contribution < -0.4 is 5.69 Å². The summed E-state index contributed by atoms with van der Waals surface area (Å²) in [4.78, 5) is 14.4. The maximum Gasteiger partial charge on any atom is 0.326 e. The van der Waals surface area contributed by atoms with Crippen LogP contribution in [-0.2, 0) is 7.05 Å². The van der Waals surface area contributed by atoms with Crippen molar-refractivity contribution in [2.24, 2.45) is 7.05 Å². The second kappa shape index (κ2) is 3.60. The molecular weight excluding hydrogens is 230 g/mol. The first kappa shape index (κ1) is 10.8. The monoisotopic (exact) mass is 243 g/mol. The third kappa shape index (κ3) is 1.40. The summed E-state index contributed by atoms with van der Waals surface area (Å²) in [7, 11) is 1.75. The molecule has 0 unspecified atom stereocenters. The summed E-state index contributed by atoms with van der Waals surface area (Å²) in [6.07, 6.45) is 0. The van der Waals surface area contributed by atoms with Crippen molar-refractivity contribution in [3.8, 4) is 11.1 Å². The van der Waals surface area contributed by atoms with Gasteiger partial charge in [-0.15, -0.1) is 0 Å². The molecule has 0 radical (unpaired) electrons. The maximum absolute atomic E-state index is 11.5. The molecule has 0 amide bonds. The van der Waals surface area contributed by atoms with Crippen molar-refractivity contribution in [2.75, 3.05) is 0 Å². The highest BCUT2D eigenvalue weighted by Gasteiger charge is 2.12. The number of aromatic nitrogens is 3. The Morgan fingerprint density at radius 3 is 2.78 bits per heavy atom. The lowest BCUT2D eigenvalue weighted by Crippen LogP contribution is -2.11. The van der Waals surface area contributed by atoms with Gasteiger partial charge in [-0.2, -0.15) is 0 Å². The Morgan fingerprint density at radius 2 is 2.11 bits per heavy atom. The molecule has 92 valence electrons. The molecular formula is C13H13N3O2. The average Bonchev–Trinajstić information content (AvgIpc) is 2.81. The Bertz CT molecular complexity index is 773. The van der Waals surface area contributed by atoms with Gasteiger partial charge in [0.05, 0.1) is 16.7 Å². The maximum atomic E-state index is 11.5. The minimum atomic E-state index is -0.110. The van der Waals surface area contributed by atoms with E-state index < -0.39 is 0 Å². The van der Waals surface area contributed by atoms with Gasteiger partial charge in [0.15, 0.2) is 0 Å². The lowest BCUT2D eigenvalue weighted by molar-refractivity contribution is 0.393. The Morgan fingerprint density at radius 1 is 1.33 bits per heavy atom. The number of H-pyrrole nitrogens is 1. The molecule has 0 fully saturated rings. The van der Waals surface area contributed by atoms with Gasteiger partial charge in [-0.1, -0.05) is 11.2 Å². The molecule has 0 bridgehead atoms. The Hall–Kier alpha value is -2.30. The Labute approximate surface area is 103 Å². The fraction of sp³-hybridized carbons (Fsp3) is 0.231. The summed E-state index contributed by atoms with van der Waals surface area (Å²) < 4.78 is 6.75. The first-order valence-electron chi connectivity index (χ1n) is 5.70. The third-order valence-electron chi connectivity index (χ3n) is 3.23. The van der Waals surface area contributed by atoms with Gasteiger partial charge in [-0.05, 0) is 31.5 Å². The van der Waals surface area contributed by atoms with Gasteiger partial charge in [-0.3, -0.25) is 4.57 Å². The van der Waals surface area contributed by atoms with Gasteiger partial charge < -0.3 is 9.51 Å². The summed E-state index contributed by atoms with van der Waals surface area (Å²) in [5.41, 5.74) is 4.43. The largest absolute Gasteiger partial charge is 0.361 e. The molecule has 3 rings (SSSR count). The van der Waals surface area contributed by atoms with Crippen LogP contribution in [0, 0.1) is 13.8 Å². The molecule has 0 atom stereocenters. The van der Waals surface area contributed by atoms with Crippen LogP contribution in [0.3, 0.4) is 0 Å². The molecule has 1 aromatic carbocycles. The zero-order valence-electron chi connectivity index (χ0n) is 10.4. The predicted octanol–water partition coefficient (Wildman–Crippen LogP) is 2.14. The topological polar surface area (TPSA) is 63.8 Å². The van der Waals surface area contributed by atoms with Gasteiger partial charge in [0.2, 0.25) is 0 Å². The lowest BCUT2D eigenvalue weighted by atomic mass is 10.0. The van der Waals surface area contributed by atoms with E-state index in [1.807, 2.05) is 32.0 Å². The summed E-state index contributed by atoms with van der Waals surface area (Å²) in [5, 5.41) is 3.94. The summed E-state index contributed by atoms with van der Waals surface area (Å²) in [6.45, 7) is 3.79. The number of hydrogen-bond acceptors (Lipinski definition) is 3. The van der Waals surface area contributed by atoms with Crippen LogP contribution in [0.2, 0.25) is 0 Å². The number of nitrogens with one attached hydrogen (secondary N) is 1. The molecule has 1 N–H and O–H groups in total. The van der Waals surface area contributed by atoms with E-state index in [2.05, 4.69) is 10.1 Å². The number of aryl methyl sites for hydroxylation is 3. The molecule has 0 aliphatic heterocycles. The van der Waals surface area contributed by atoms with Gasteiger partial charge in [0.1, 0.15) is 5.76 Å². The third-order valence-corrected chi connectivity index (χ3v) is 3.23. The smallest absolute Gasteiger partial charge is 0.326 e. The number of nitrogens with zero attached hydrogens (tertiary/aromatic N) is 2. The van der Waals surface area contributed by atoms with Crippen molar-refractivity contribution in [3.63, 3.8) is 0 Å². The van der Waals surface area contributed by atoms with E-state index >= 15 is 0 Å². The van der Waals surface area contributed by atoms with Crippen molar-refractivity contribution in [3.05, 3.63) is 40.1 Å². The minimum Gasteiger partial charge on any atom is -0.361 e. The zero-order valence-corrected chi connectivity index (χ0v) is 10.4. The standard InChI is InChI=1S/C13H13N3O2/c1-7-12(8(2)18-15-7)9-4-5-11-10(6-9)14-13(17)16(11)3/h4-6H,1-3H3,(H,14,17). The quantitative estimate of drug-likeness (QED) is 0.712. The second-order valence-corrected chi connectivity index (χ2v) is 4.42. The van der Waals surface area contributed by atoms with Crippen molar-refractivity contribution < 1.29 is 4.52 Å². The molecule has 5 heteroatoms. The molecule has 0 aliphatic carbocycles. The first-order valence-corrected chi connectivity index (χ1v) is 5.70. The van der Waals surface area contributed by atoms with Crippen molar-refractivity contribution >= 4 is 11.0 Å². The van der Waals surface area contributed by atoms with E-state index in [1.165, 1.54) is 0 Å². The summed E-state index contributed by atoms with van der Waals surface area (Å²) in [5.74, 6) is 0.783. The number of rotatable bonds is 1. The van der Waals surface area contributed by atoms with E-state index in [0.29, 0.717) is 0 Å². The van der Waals surface area contributed by atoms with Crippen molar-refractivity contribution in [1.82, 2.24) is 14.7 Å². The van der Waals surface area contributed by atoms with Gasteiger partial charge in [0, 0.05) is 12.6 Å². The Kier molecular flexibility index (Phi) is 2.16. The van der Waals surface area contributed by atoms with Crippen LogP contribution in [0.1, 0.15) is 11.5 Å². The van der Waals surface area contributed by atoms with Crippen LogP contribution in [0.15, 0.2) is 27.5 Å². The number of benzene rings is 1. The van der Waals surface area contributed by atoms with E-state index in [9.17, 15) is 4.79 Å². The molecule has 5 nitrogen and oxygen atoms in total. The molecule has 2 aromatic heterocycles.